The molecule has 0 spiro atoms. The monoisotopic (exact) mass is 1240 g/mol. The number of rotatable bonds is 19. The highest BCUT2D eigenvalue weighted by Crippen LogP contribution is 2.54. The van der Waals surface area contributed by atoms with Gasteiger partial charge in [0.1, 0.15) is 54.2 Å². The van der Waals surface area contributed by atoms with Crippen LogP contribution in [0.25, 0.3) is 55.3 Å². The average molecular weight is 1240 g/mol. The molecule has 1 aliphatic carbocycles. The summed E-state index contributed by atoms with van der Waals surface area (Å²) in [6, 6.07) is 17.0. The van der Waals surface area contributed by atoms with Gasteiger partial charge in [-0.3, -0.25) is 28.8 Å². The Bertz CT molecular complexity index is 3890. The molecule has 5 aliphatic rings. The van der Waals surface area contributed by atoms with Crippen molar-refractivity contribution in [1.82, 2.24) is 55.3 Å². The molecule has 4 aromatic carbocycles. The standard InChI is InChI=1S/C63H67F4N13O6.C2H6.CH4O/c1-34(2)57(61(83)77-19-5-6-53(77)60(82)70-26-36-7-10-39(11-8-36)52-15-18-72-80(52)33-63(65,66)67)79-30-47(51(31-81)76-79)43-14-9-37(22-49(43)68-4)32-85-58-55(54-35(3)48(64)25-50-46(54)28-71-75-50)44(38-12-13-38)24-45-56(58)73-62(86-42-16-20-84-21-17-42)74-59(45)78-29-40-23-41(78)27-69-40;2*1-2/h7-11,14-15,18,22,24-25,28,30-31,34,38,40-42,53,57,68-69H,5-6,12-13,16-17,19-21,23,26-27,29,32-33H2,1-4H3,(H,70,82)(H,71,75);1-2H3;2H,1H3. The van der Waals surface area contributed by atoms with Crippen molar-refractivity contribution < 1.29 is 51.3 Å². The number of hydrogen-bond donors (Lipinski definition) is 5. The van der Waals surface area contributed by atoms with Crippen LogP contribution in [0.3, 0.4) is 0 Å². The number of alkyl halides is 3. The van der Waals surface area contributed by atoms with Gasteiger partial charge in [-0.1, -0.05) is 64.1 Å². The smallest absolute Gasteiger partial charge is 0.408 e. The molecule has 5 fully saturated rings. The lowest BCUT2D eigenvalue weighted by Crippen LogP contribution is -2.48. The molecule has 20 nitrogen and oxygen atoms in total. The number of likely N-dealkylation sites (tertiary alicyclic amines) is 1. The fourth-order valence-electron chi connectivity index (χ4n) is 13.1. The van der Waals surface area contributed by atoms with Crippen LogP contribution in [0.1, 0.15) is 117 Å². The summed E-state index contributed by atoms with van der Waals surface area (Å²) in [5, 5.41) is 34.4. The Morgan fingerprint density at radius 3 is 2.40 bits per heavy atom. The molecule has 0 radical (unpaired) electrons. The number of amides is 2. The predicted octanol–water partition coefficient (Wildman–Crippen LogP) is 10.5. The third kappa shape index (κ3) is 12.8. The van der Waals surface area contributed by atoms with Gasteiger partial charge in [0.05, 0.1) is 30.6 Å². The number of fused-ring (bicyclic) bond motifs is 4. The average Bonchev–Trinajstić information content (AvgIpc) is 1.30. The van der Waals surface area contributed by atoms with Crippen LogP contribution in [0.15, 0.2) is 79.3 Å². The molecule has 2 bridgehead atoms. The molecule has 4 saturated heterocycles. The minimum Gasteiger partial charge on any atom is -0.486 e. The van der Waals surface area contributed by atoms with Gasteiger partial charge in [-0.05, 0) is 103 Å². The Morgan fingerprint density at radius 1 is 0.944 bits per heavy atom. The van der Waals surface area contributed by atoms with E-state index >= 15 is 4.39 Å². The summed E-state index contributed by atoms with van der Waals surface area (Å²) >= 11 is 0. The van der Waals surface area contributed by atoms with E-state index in [2.05, 4.69) is 42.2 Å². The Kier molecular flexibility index (Phi) is 18.9. The number of piperazine rings is 1. The van der Waals surface area contributed by atoms with Crippen LogP contribution in [-0.2, 0) is 34.0 Å². The van der Waals surface area contributed by atoms with Crippen LogP contribution in [0.2, 0.25) is 0 Å². The molecule has 4 aliphatic heterocycles. The molecule has 8 aromatic rings. The van der Waals surface area contributed by atoms with Crippen LogP contribution in [-0.4, -0.2) is 145 Å². The highest BCUT2D eigenvalue weighted by molar-refractivity contribution is 6.06. The minimum atomic E-state index is -4.43. The van der Waals surface area contributed by atoms with Crippen LogP contribution in [0.5, 0.6) is 11.8 Å². The van der Waals surface area contributed by atoms with Crippen LogP contribution < -0.4 is 30.3 Å². The number of H-pyrrole nitrogens is 1. The van der Waals surface area contributed by atoms with Crippen molar-refractivity contribution in [3.05, 3.63) is 113 Å². The van der Waals surface area contributed by atoms with Crippen LogP contribution >= 0.6 is 0 Å². The van der Waals surface area contributed by atoms with Crippen molar-refractivity contribution in [2.24, 2.45) is 5.92 Å². The summed E-state index contributed by atoms with van der Waals surface area (Å²) < 4.78 is 77.8. The van der Waals surface area contributed by atoms with Gasteiger partial charge in [-0.2, -0.15) is 38.4 Å². The number of aromatic nitrogens is 8. The van der Waals surface area contributed by atoms with Gasteiger partial charge in [0, 0.05) is 116 Å². The first-order chi connectivity index (χ1) is 43.6. The van der Waals surface area contributed by atoms with E-state index in [1.54, 1.807) is 55.5 Å². The van der Waals surface area contributed by atoms with Crippen LogP contribution in [0, 0.1) is 18.7 Å². The highest BCUT2D eigenvalue weighted by atomic mass is 19.4. The summed E-state index contributed by atoms with van der Waals surface area (Å²) in [7, 11) is 2.79. The first-order valence-electron chi connectivity index (χ1n) is 31.1. The second-order valence-corrected chi connectivity index (χ2v) is 23.7. The van der Waals surface area contributed by atoms with Crippen molar-refractivity contribution in [1.29, 1.82) is 0 Å². The van der Waals surface area contributed by atoms with E-state index in [0.717, 1.165) is 83.0 Å². The predicted molar refractivity (Wildman–Crippen MR) is 334 cm³/mol. The number of anilines is 2. The number of benzene rings is 4. The second-order valence-electron chi connectivity index (χ2n) is 23.7. The van der Waals surface area contributed by atoms with E-state index < -0.39 is 24.8 Å². The van der Waals surface area contributed by atoms with Gasteiger partial charge in [0.25, 0.3) is 0 Å². The summed E-state index contributed by atoms with van der Waals surface area (Å²) in [5.41, 5.74) is 8.29. The highest BCUT2D eigenvalue weighted by Gasteiger charge is 2.42. The largest absolute Gasteiger partial charge is 0.486 e. The van der Waals surface area contributed by atoms with Gasteiger partial charge in [-0.15, -0.1) is 0 Å². The molecule has 5 N–H and O–H groups in total. The van der Waals surface area contributed by atoms with Crippen molar-refractivity contribution >= 4 is 51.4 Å². The number of aromatic amines is 1. The SMILES string of the molecule is CC.CNc1cc(COc2c(-c3c(C)c(F)cc4[nH]ncc34)c(C3CC3)cc3c(N4CC5CC4CN5)nc(OC4CCOCC4)nc23)ccc1-c1cn(C(C(=O)N2CCCC2C(=O)NCc2ccc(-c3ccnn3CC(F)(F)F)cc2)C(C)C)nc1C=O.CO. The number of aliphatic hydroxyl groups is 1. The number of carbonyl (C=O) groups excluding carboxylic acids is 3. The van der Waals surface area contributed by atoms with Crippen LogP contribution in [0.4, 0.5) is 29.1 Å². The summed E-state index contributed by atoms with van der Waals surface area (Å²) in [6.45, 7) is 11.7. The fourth-order valence-corrected chi connectivity index (χ4v) is 13.1. The lowest BCUT2D eigenvalue weighted by molar-refractivity contribution is -0.142. The molecule has 2 amide bonds. The Morgan fingerprint density at radius 2 is 1.71 bits per heavy atom. The zero-order chi connectivity index (χ0) is 63.5. The fraction of sp³-hybridized carbons (Fsp3) is 0.455. The zero-order valence-electron chi connectivity index (χ0n) is 51.7. The second kappa shape index (κ2) is 26.9. The molecule has 4 aromatic heterocycles. The van der Waals surface area contributed by atoms with Gasteiger partial charge >= 0.3 is 12.2 Å². The third-order valence-corrected chi connectivity index (χ3v) is 17.6. The first kappa shape index (κ1) is 63.1. The third-order valence-electron chi connectivity index (χ3n) is 17.6. The van der Waals surface area contributed by atoms with Crippen molar-refractivity contribution in [3.8, 4) is 45.3 Å². The van der Waals surface area contributed by atoms with Gasteiger partial charge in [0.15, 0.2) is 12.0 Å². The van der Waals surface area contributed by atoms with Crippen molar-refractivity contribution in [2.75, 3.05) is 57.2 Å². The molecule has 4 atom stereocenters. The maximum atomic E-state index is 16.3. The number of aldehydes is 1. The quantitative estimate of drug-likeness (QED) is 0.0374. The van der Waals surface area contributed by atoms with Crippen molar-refractivity contribution in [2.45, 2.75) is 142 Å². The Hall–Kier alpha value is -8.48. The molecule has 90 heavy (non-hydrogen) atoms. The van der Waals surface area contributed by atoms with Gasteiger partial charge < -0.3 is 45.1 Å². The Labute approximate surface area is 519 Å². The molecule has 4 unspecified atom stereocenters. The number of halogens is 4. The van der Waals surface area contributed by atoms with Gasteiger partial charge in [-0.25, -0.2) is 4.39 Å². The van der Waals surface area contributed by atoms with Crippen molar-refractivity contribution in [3.63, 3.8) is 0 Å². The zero-order valence-corrected chi connectivity index (χ0v) is 51.7. The molecule has 8 heterocycles. The molecule has 1 saturated carbocycles. The minimum absolute atomic E-state index is 0.0595. The van der Waals surface area contributed by atoms with E-state index in [9.17, 15) is 27.6 Å². The number of ether oxygens (including phenoxy) is 3. The van der Waals surface area contributed by atoms with E-state index in [4.69, 9.17) is 34.4 Å². The summed E-state index contributed by atoms with van der Waals surface area (Å²) in [4.78, 5) is 56.0. The number of aliphatic hydroxyl groups excluding tert-OH is 1. The molecule has 24 heteroatoms. The summed E-state index contributed by atoms with van der Waals surface area (Å²) in [5.74, 6) is 0.117. The van der Waals surface area contributed by atoms with E-state index in [0.29, 0.717) is 114 Å². The molecular weight excluding hydrogens is 1160 g/mol. The topological polar surface area (TPSA) is 232 Å². The number of nitrogens with zero attached hydrogens (tertiary/aromatic N) is 9. The lowest BCUT2D eigenvalue weighted by Gasteiger charge is -2.31. The van der Waals surface area contributed by atoms with E-state index in [1.165, 1.54) is 23.0 Å². The number of hydrogen-bond acceptors (Lipinski definition) is 15. The molecule has 476 valence electrons. The molecular formula is C66H77F4N13O7. The van der Waals surface area contributed by atoms with E-state index in [-0.39, 0.29) is 66.5 Å². The Balaban J connectivity index is 0.00000204. The van der Waals surface area contributed by atoms with E-state index in [1.807, 2.05) is 45.9 Å². The first-order valence-corrected chi connectivity index (χ1v) is 31.1. The normalized spacial score (nSPS) is 18.6. The maximum Gasteiger partial charge on any atom is 0.408 e. The number of nitrogens with one attached hydrogen (secondary N) is 4. The lowest BCUT2D eigenvalue weighted by atomic mass is 9.88. The summed E-state index contributed by atoms with van der Waals surface area (Å²) in [6.07, 6.45) is 6.19. The molecule has 13 rings (SSSR count). The maximum absolute atomic E-state index is 16.3. The number of carbonyl (C=O) groups is 3. The van der Waals surface area contributed by atoms with Gasteiger partial charge in [0.2, 0.25) is 11.8 Å².